The van der Waals surface area contributed by atoms with Crippen molar-refractivity contribution in [1.82, 2.24) is 4.98 Å². The molecule has 1 saturated heterocycles. The number of amides is 2. The number of thioether (sulfide) groups is 1. The molecule has 3 aromatic rings. The fourth-order valence-electron chi connectivity index (χ4n) is 6.89. The molecule has 7 rings (SSSR count). The average Bonchev–Trinajstić information content (AvgIpc) is 3.54. The van der Waals surface area contributed by atoms with Crippen molar-refractivity contribution in [2.45, 2.75) is 22.6 Å². The van der Waals surface area contributed by atoms with Gasteiger partial charge in [-0.2, -0.15) is 0 Å². The van der Waals surface area contributed by atoms with E-state index in [4.69, 9.17) is 0 Å². The highest BCUT2D eigenvalue weighted by Gasteiger charge is 2.69. The van der Waals surface area contributed by atoms with Crippen molar-refractivity contribution < 1.29 is 14.0 Å². The van der Waals surface area contributed by atoms with Gasteiger partial charge in [0.05, 0.1) is 22.5 Å². The van der Waals surface area contributed by atoms with E-state index >= 15 is 0 Å². The molecule has 5 nitrogen and oxygen atoms in total. The highest BCUT2D eigenvalue weighted by atomic mass is 32.2. The number of thiazole rings is 1. The highest BCUT2D eigenvalue weighted by molar-refractivity contribution is 8.00. The molecule has 3 fully saturated rings. The molecule has 33 heavy (non-hydrogen) atoms. The maximum Gasteiger partial charge on any atom is 0.305 e. The van der Waals surface area contributed by atoms with Crippen LogP contribution in [0.1, 0.15) is 22.8 Å². The zero-order valence-corrected chi connectivity index (χ0v) is 18.9. The van der Waals surface area contributed by atoms with E-state index in [-0.39, 0.29) is 63.3 Å². The summed E-state index contributed by atoms with van der Waals surface area (Å²) < 4.78 is 13.7. The first-order valence-electron chi connectivity index (χ1n) is 11.1. The molecular weight excluding hydrogens is 459 g/mol. The number of anilines is 1. The standard InChI is InChI=1S/C25H19FN2O3S2/c26-12-8-6-11(7-9-12)16-17-14-10-15(20(17)32-22-21(16)33-25(31)27-22)19-18(14)23(29)28(24(19)30)13-4-2-1-3-5-13/h1-9,14-20H,10H2,(H,27,31)/t14-,15-,16-,17-,18+,19-,20-/m0/s1. The average molecular weight is 479 g/mol. The Kier molecular flexibility index (Phi) is 4.13. The number of carbonyl (C=O) groups is 2. The van der Waals surface area contributed by atoms with E-state index in [1.807, 2.05) is 30.3 Å². The van der Waals surface area contributed by atoms with Crippen LogP contribution in [0.3, 0.4) is 0 Å². The molecule has 2 aliphatic heterocycles. The summed E-state index contributed by atoms with van der Waals surface area (Å²) in [5.74, 6) is -0.946. The van der Waals surface area contributed by atoms with Gasteiger partial charge in [-0.1, -0.05) is 41.7 Å². The summed E-state index contributed by atoms with van der Waals surface area (Å²) in [4.78, 5) is 44.6. The first-order chi connectivity index (χ1) is 16.0. The fourth-order valence-corrected chi connectivity index (χ4v) is 9.78. The van der Waals surface area contributed by atoms with Crippen molar-refractivity contribution in [3.05, 3.63) is 80.5 Å². The van der Waals surface area contributed by atoms with Gasteiger partial charge in [0, 0.05) is 16.0 Å². The smallest absolute Gasteiger partial charge is 0.305 e. The third kappa shape index (κ3) is 2.62. The number of nitrogens with zero attached hydrogens (tertiary/aromatic N) is 1. The summed E-state index contributed by atoms with van der Waals surface area (Å²) in [7, 11) is 0. The molecule has 2 bridgehead atoms. The van der Waals surface area contributed by atoms with Crippen molar-refractivity contribution in [3.63, 3.8) is 0 Å². The van der Waals surface area contributed by atoms with Gasteiger partial charge < -0.3 is 4.98 Å². The SMILES string of the molecule is O=C1[C@@H]2[C@H]3C[C@H]([C@@H]4Sc5[nH]c(=O)sc5[C@@H](c5ccc(F)cc5)[C@H]34)[C@@H]2C(=O)N1c1ccccc1. The molecule has 4 aliphatic rings. The molecule has 0 spiro atoms. The van der Waals surface area contributed by atoms with E-state index in [9.17, 15) is 18.8 Å². The van der Waals surface area contributed by atoms with Crippen LogP contribution in [0.4, 0.5) is 10.1 Å². The minimum Gasteiger partial charge on any atom is -0.307 e. The molecule has 7 atom stereocenters. The van der Waals surface area contributed by atoms with Crippen molar-refractivity contribution in [1.29, 1.82) is 0 Å². The molecule has 8 heteroatoms. The highest BCUT2D eigenvalue weighted by Crippen LogP contribution is 2.68. The molecule has 1 aromatic heterocycles. The minimum absolute atomic E-state index is 0.0584. The number of carbonyl (C=O) groups excluding carboxylic acids is 2. The lowest BCUT2D eigenvalue weighted by Crippen LogP contribution is -2.42. The number of aromatic amines is 1. The molecule has 3 heterocycles. The van der Waals surface area contributed by atoms with Crippen molar-refractivity contribution in [2.24, 2.45) is 29.6 Å². The zero-order chi connectivity index (χ0) is 22.4. The van der Waals surface area contributed by atoms with Gasteiger partial charge in [-0.15, -0.1) is 11.8 Å². The molecule has 2 aromatic carbocycles. The Morgan fingerprint density at radius 3 is 2.33 bits per heavy atom. The second kappa shape index (κ2) is 6.90. The molecule has 2 amide bonds. The topological polar surface area (TPSA) is 70.2 Å². The van der Waals surface area contributed by atoms with E-state index < -0.39 is 0 Å². The molecule has 1 N–H and O–H groups in total. The van der Waals surface area contributed by atoms with Crippen LogP contribution in [0.25, 0.3) is 0 Å². The van der Waals surface area contributed by atoms with Crippen LogP contribution in [0, 0.1) is 35.4 Å². The summed E-state index contributed by atoms with van der Waals surface area (Å²) in [6, 6.07) is 15.7. The van der Waals surface area contributed by atoms with Crippen LogP contribution in [-0.2, 0) is 9.59 Å². The Morgan fingerprint density at radius 2 is 1.61 bits per heavy atom. The predicted octanol–water partition coefficient (Wildman–Crippen LogP) is 4.25. The van der Waals surface area contributed by atoms with Gasteiger partial charge in [0.2, 0.25) is 11.8 Å². The number of fused-ring (bicyclic) bond motifs is 9. The molecule has 0 radical (unpaired) electrons. The van der Waals surface area contributed by atoms with Crippen molar-refractivity contribution >= 4 is 40.6 Å². The third-order valence-corrected chi connectivity index (χ3v) is 10.6. The van der Waals surface area contributed by atoms with Crippen LogP contribution < -0.4 is 9.77 Å². The molecule has 2 aliphatic carbocycles. The van der Waals surface area contributed by atoms with Crippen molar-refractivity contribution in [2.75, 3.05) is 4.90 Å². The van der Waals surface area contributed by atoms with Gasteiger partial charge in [0.15, 0.2) is 0 Å². The van der Waals surface area contributed by atoms with E-state index in [1.165, 1.54) is 28.4 Å². The number of rotatable bonds is 2. The number of benzene rings is 2. The van der Waals surface area contributed by atoms with E-state index in [2.05, 4.69) is 4.98 Å². The Labute approximate surface area is 197 Å². The van der Waals surface area contributed by atoms with E-state index in [0.29, 0.717) is 5.69 Å². The predicted molar refractivity (Wildman–Crippen MR) is 124 cm³/mol. The number of imide groups is 1. The number of hydrogen-bond donors (Lipinski definition) is 1. The second-order valence-electron chi connectivity index (χ2n) is 9.36. The second-order valence-corrected chi connectivity index (χ2v) is 11.6. The Balaban J connectivity index is 1.34. The number of hydrogen-bond acceptors (Lipinski definition) is 5. The molecule has 166 valence electrons. The van der Waals surface area contributed by atoms with E-state index in [0.717, 1.165) is 21.9 Å². The van der Waals surface area contributed by atoms with Gasteiger partial charge in [-0.3, -0.25) is 19.3 Å². The fraction of sp³-hybridized carbons (Fsp3) is 0.320. The number of halogens is 1. The Bertz CT molecular complexity index is 1350. The van der Waals surface area contributed by atoms with Gasteiger partial charge in [-0.05, 0) is 54.0 Å². The van der Waals surface area contributed by atoms with Crippen LogP contribution in [-0.4, -0.2) is 22.0 Å². The summed E-state index contributed by atoms with van der Waals surface area (Å²) in [5, 5.41) is 0.998. The van der Waals surface area contributed by atoms with E-state index in [1.54, 1.807) is 23.9 Å². The molecule has 0 unspecified atom stereocenters. The normalized spacial score (nSPS) is 33.8. The quantitative estimate of drug-likeness (QED) is 0.559. The van der Waals surface area contributed by atoms with Gasteiger partial charge >= 0.3 is 4.87 Å². The van der Waals surface area contributed by atoms with Crippen molar-refractivity contribution in [3.8, 4) is 0 Å². The lowest BCUT2D eigenvalue weighted by molar-refractivity contribution is -0.123. The maximum absolute atomic E-state index is 13.7. The Hall–Kier alpha value is -2.71. The third-order valence-electron chi connectivity index (χ3n) is 7.97. The maximum atomic E-state index is 13.7. The summed E-state index contributed by atoms with van der Waals surface area (Å²) in [5.41, 5.74) is 1.60. The van der Waals surface area contributed by atoms with Gasteiger partial charge in [-0.25, -0.2) is 4.39 Å². The summed E-state index contributed by atoms with van der Waals surface area (Å²) in [6.45, 7) is 0. The van der Waals surface area contributed by atoms with Crippen LogP contribution >= 0.6 is 23.1 Å². The minimum atomic E-state index is -0.329. The lowest BCUT2D eigenvalue weighted by atomic mass is 9.68. The first-order valence-corrected chi connectivity index (χ1v) is 12.8. The zero-order valence-electron chi connectivity index (χ0n) is 17.3. The first kappa shape index (κ1) is 19.7. The van der Waals surface area contributed by atoms with Gasteiger partial charge in [0.25, 0.3) is 0 Å². The number of para-hydroxylation sites is 1. The summed E-state index contributed by atoms with van der Waals surface area (Å²) in [6.07, 6.45) is 0.842. The number of aromatic nitrogens is 1. The number of nitrogens with one attached hydrogen (secondary N) is 1. The summed E-state index contributed by atoms with van der Waals surface area (Å²) >= 11 is 2.87. The lowest BCUT2D eigenvalue weighted by Gasteiger charge is -2.43. The monoisotopic (exact) mass is 478 g/mol. The molecule has 2 saturated carbocycles. The van der Waals surface area contributed by atoms with Crippen LogP contribution in [0.2, 0.25) is 0 Å². The Morgan fingerprint density at radius 1 is 0.909 bits per heavy atom. The number of H-pyrrole nitrogens is 1. The molecular formula is C25H19FN2O3S2. The largest absolute Gasteiger partial charge is 0.307 e. The van der Waals surface area contributed by atoms with Crippen LogP contribution in [0.15, 0.2) is 64.4 Å². The van der Waals surface area contributed by atoms with Crippen LogP contribution in [0.5, 0.6) is 0 Å². The van der Waals surface area contributed by atoms with Gasteiger partial charge in [0.1, 0.15) is 5.82 Å².